The van der Waals surface area contributed by atoms with Crippen molar-refractivity contribution in [3.8, 4) is 11.5 Å². The van der Waals surface area contributed by atoms with Crippen molar-refractivity contribution >= 4 is 11.9 Å². The van der Waals surface area contributed by atoms with E-state index in [-0.39, 0.29) is 12.5 Å². The average molecular weight is 319 g/mol. The van der Waals surface area contributed by atoms with Crippen LogP contribution in [0.4, 0.5) is 0 Å². The number of carbonyl (C=O) groups excluding carboxylic acids is 1. The molecule has 0 saturated carbocycles. The number of amides is 1. The van der Waals surface area contributed by atoms with E-state index in [2.05, 4.69) is 10.4 Å². The van der Waals surface area contributed by atoms with Crippen LogP contribution in [0.3, 0.4) is 0 Å². The predicted octanol–water partition coefficient (Wildman–Crippen LogP) is 0.729. The van der Waals surface area contributed by atoms with Crippen LogP contribution in [0.15, 0.2) is 39.7 Å². The van der Waals surface area contributed by atoms with Gasteiger partial charge in [-0.05, 0) is 24.1 Å². The van der Waals surface area contributed by atoms with Crippen molar-refractivity contribution in [2.45, 2.75) is 26.4 Å². The smallest absolute Gasteiger partial charge is 0.326 e. The van der Waals surface area contributed by atoms with Crippen LogP contribution >= 0.6 is 0 Å². The number of hydrogen-bond acceptors (Lipinski definition) is 5. The van der Waals surface area contributed by atoms with Crippen molar-refractivity contribution in [1.82, 2.24) is 15.1 Å². The normalized spacial score (nSPS) is 12.1. The van der Waals surface area contributed by atoms with Gasteiger partial charge in [0.1, 0.15) is 18.3 Å². The molecule has 0 aromatic carbocycles. The lowest BCUT2D eigenvalue weighted by molar-refractivity contribution is -0.143. The van der Waals surface area contributed by atoms with Crippen molar-refractivity contribution in [1.29, 1.82) is 0 Å². The predicted molar refractivity (Wildman–Crippen MR) is 80.6 cm³/mol. The number of carbonyl (C=O) groups is 2. The van der Waals surface area contributed by atoms with E-state index < -0.39 is 23.5 Å². The lowest BCUT2D eigenvalue weighted by Gasteiger charge is -2.18. The Labute approximate surface area is 131 Å². The minimum absolute atomic E-state index is 0.282. The van der Waals surface area contributed by atoms with Crippen molar-refractivity contribution in [3.63, 3.8) is 0 Å². The number of nitrogens with zero attached hydrogens (tertiary/aromatic N) is 2. The van der Waals surface area contributed by atoms with Gasteiger partial charge in [0.15, 0.2) is 5.76 Å². The second-order valence-electron chi connectivity index (χ2n) is 5.32. The Balaban J connectivity index is 2.16. The number of aliphatic carboxylic acids is 1. The molecule has 0 spiro atoms. The summed E-state index contributed by atoms with van der Waals surface area (Å²) in [6.07, 6.45) is 1.47. The zero-order valence-electron chi connectivity index (χ0n) is 12.7. The van der Waals surface area contributed by atoms with Crippen LogP contribution in [-0.2, 0) is 16.1 Å². The molecule has 0 fully saturated rings. The maximum atomic E-state index is 12.0. The molecule has 2 N–H and O–H groups in total. The van der Waals surface area contributed by atoms with Crippen LogP contribution in [0, 0.1) is 5.92 Å². The molecule has 1 amide bonds. The molecule has 0 radical (unpaired) electrons. The fraction of sp³-hybridized carbons (Fsp3) is 0.333. The van der Waals surface area contributed by atoms with E-state index in [1.165, 1.54) is 18.4 Å². The standard InChI is InChI=1S/C15H17N3O5/c1-9(2)14(15(21)22)16-12(19)8-18-13(20)6-5-10(17-18)11-4-3-7-23-11/h3-7,9,14H,8H2,1-2H3,(H,16,19)(H,21,22). The number of hydrogen-bond donors (Lipinski definition) is 2. The van der Waals surface area contributed by atoms with Gasteiger partial charge >= 0.3 is 5.97 Å². The summed E-state index contributed by atoms with van der Waals surface area (Å²) >= 11 is 0. The summed E-state index contributed by atoms with van der Waals surface area (Å²) in [7, 11) is 0. The lowest BCUT2D eigenvalue weighted by atomic mass is 10.1. The zero-order valence-corrected chi connectivity index (χ0v) is 12.7. The zero-order chi connectivity index (χ0) is 17.0. The SMILES string of the molecule is CC(C)C(NC(=O)Cn1nc(-c2ccco2)ccc1=O)C(=O)O. The van der Waals surface area contributed by atoms with Crippen molar-refractivity contribution in [3.05, 3.63) is 40.9 Å². The molecule has 0 aliphatic rings. The van der Waals surface area contributed by atoms with Crippen molar-refractivity contribution in [2.24, 2.45) is 5.92 Å². The Morgan fingerprint density at radius 3 is 2.65 bits per heavy atom. The first-order chi connectivity index (χ1) is 10.9. The second-order valence-corrected chi connectivity index (χ2v) is 5.32. The van der Waals surface area contributed by atoms with E-state index in [9.17, 15) is 14.4 Å². The molecule has 2 heterocycles. The largest absolute Gasteiger partial charge is 0.480 e. The van der Waals surface area contributed by atoms with Gasteiger partial charge in [-0.3, -0.25) is 9.59 Å². The molecule has 122 valence electrons. The van der Waals surface area contributed by atoms with Crippen LogP contribution in [0.2, 0.25) is 0 Å². The van der Waals surface area contributed by atoms with Gasteiger partial charge in [0.05, 0.1) is 6.26 Å². The Morgan fingerprint density at radius 1 is 1.35 bits per heavy atom. The van der Waals surface area contributed by atoms with Gasteiger partial charge in [0, 0.05) is 6.07 Å². The highest BCUT2D eigenvalue weighted by molar-refractivity contribution is 5.83. The Bertz CT molecular complexity index is 749. The van der Waals surface area contributed by atoms with E-state index in [0.717, 1.165) is 4.68 Å². The van der Waals surface area contributed by atoms with E-state index >= 15 is 0 Å². The summed E-state index contributed by atoms with van der Waals surface area (Å²) in [5.74, 6) is -1.55. The first kappa shape index (κ1) is 16.5. The Morgan fingerprint density at radius 2 is 2.09 bits per heavy atom. The third kappa shape index (κ3) is 4.06. The van der Waals surface area contributed by atoms with Gasteiger partial charge in [-0.25, -0.2) is 9.48 Å². The summed E-state index contributed by atoms with van der Waals surface area (Å²) < 4.78 is 6.16. The summed E-state index contributed by atoms with van der Waals surface area (Å²) in [6.45, 7) is 2.99. The Hall–Kier alpha value is -2.90. The molecule has 8 nitrogen and oxygen atoms in total. The molecule has 1 unspecified atom stereocenters. The monoisotopic (exact) mass is 319 g/mol. The van der Waals surface area contributed by atoms with Crippen molar-refractivity contribution < 1.29 is 19.1 Å². The van der Waals surface area contributed by atoms with Gasteiger partial charge < -0.3 is 14.8 Å². The van der Waals surface area contributed by atoms with E-state index in [1.54, 1.807) is 26.0 Å². The van der Waals surface area contributed by atoms with Crippen LogP contribution in [-0.4, -0.2) is 32.8 Å². The number of carboxylic acids is 1. The van der Waals surface area contributed by atoms with E-state index in [0.29, 0.717) is 11.5 Å². The summed E-state index contributed by atoms with van der Waals surface area (Å²) in [5, 5.41) is 15.5. The highest BCUT2D eigenvalue weighted by Crippen LogP contribution is 2.14. The van der Waals surface area contributed by atoms with Crippen LogP contribution in [0.5, 0.6) is 0 Å². The van der Waals surface area contributed by atoms with Crippen LogP contribution in [0.25, 0.3) is 11.5 Å². The summed E-state index contributed by atoms with van der Waals surface area (Å²) in [4.78, 5) is 34.9. The van der Waals surface area contributed by atoms with Gasteiger partial charge in [-0.2, -0.15) is 5.10 Å². The highest BCUT2D eigenvalue weighted by Gasteiger charge is 2.23. The molecule has 2 aromatic rings. The minimum Gasteiger partial charge on any atom is -0.480 e. The fourth-order valence-electron chi connectivity index (χ4n) is 1.99. The first-order valence-electron chi connectivity index (χ1n) is 7.02. The number of furan rings is 1. The fourth-order valence-corrected chi connectivity index (χ4v) is 1.99. The number of nitrogens with one attached hydrogen (secondary N) is 1. The van der Waals surface area contributed by atoms with Gasteiger partial charge in [-0.1, -0.05) is 13.8 Å². The molecule has 0 aliphatic carbocycles. The molecular weight excluding hydrogens is 302 g/mol. The molecule has 8 heteroatoms. The maximum Gasteiger partial charge on any atom is 0.326 e. The van der Waals surface area contributed by atoms with Gasteiger partial charge in [0.25, 0.3) is 5.56 Å². The Kier molecular flexibility index (Phi) is 4.95. The van der Waals surface area contributed by atoms with Gasteiger partial charge in [0.2, 0.25) is 5.91 Å². The number of rotatable bonds is 6. The minimum atomic E-state index is -1.13. The molecule has 0 bridgehead atoms. The summed E-state index contributed by atoms with van der Waals surface area (Å²) in [5.41, 5.74) is -0.0621. The van der Waals surface area contributed by atoms with Crippen molar-refractivity contribution in [2.75, 3.05) is 0 Å². The van der Waals surface area contributed by atoms with Gasteiger partial charge in [-0.15, -0.1) is 0 Å². The average Bonchev–Trinajstić information content (AvgIpc) is 3.00. The van der Waals surface area contributed by atoms with E-state index in [4.69, 9.17) is 9.52 Å². The molecule has 23 heavy (non-hydrogen) atoms. The molecule has 2 rings (SSSR count). The molecule has 2 aromatic heterocycles. The second kappa shape index (κ2) is 6.91. The molecule has 0 saturated heterocycles. The van der Waals surface area contributed by atoms with Crippen LogP contribution < -0.4 is 10.9 Å². The first-order valence-corrected chi connectivity index (χ1v) is 7.02. The number of carboxylic acid groups (broad SMARTS) is 1. The third-order valence-electron chi connectivity index (χ3n) is 3.18. The van der Waals surface area contributed by atoms with E-state index in [1.807, 2.05) is 0 Å². The maximum absolute atomic E-state index is 12.0. The topological polar surface area (TPSA) is 114 Å². The lowest BCUT2D eigenvalue weighted by Crippen LogP contribution is -2.46. The highest BCUT2D eigenvalue weighted by atomic mass is 16.4. The molecule has 0 aliphatic heterocycles. The quantitative estimate of drug-likeness (QED) is 0.811. The number of aromatic nitrogens is 2. The van der Waals surface area contributed by atoms with Crippen LogP contribution in [0.1, 0.15) is 13.8 Å². The summed E-state index contributed by atoms with van der Waals surface area (Å²) in [6, 6.07) is 5.10. The third-order valence-corrected chi connectivity index (χ3v) is 3.18. The molecular formula is C15H17N3O5. The molecule has 1 atom stereocenters.